The first-order valence-electron chi connectivity index (χ1n) is 10.2. The minimum Gasteiger partial charge on any atom is -0.484 e. The SMILES string of the molecule is CCc1cccc(N2C(=O)CSC2c2ccc(NC(=O)COc3ccccc3)cc2)c1. The number of rotatable bonds is 7. The highest BCUT2D eigenvalue weighted by atomic mass is 32.2. The van der Waals surface area contributed by atoms with Gasteiger partial charge in [0.05, 0.1) is 5.75 Å². The van der Waals surface area contributed by atoms with E-state index in [2.05, 4.69) is 24.4 Å². The molecule has 1 unspecified atom stereocenters. The number of nitrogens with zero attached hydrogens (tertiary/aromatic N) is 1. The predicted octanol–water partition coefficient (Wildman–Crippen LogP) is 5.05. The summed E-state index contributed by atoms with van der Waals surface area (Å²) >= 11 is 1.61. The second kappa shape index (κ2) is 9.71. The first-order chi connectivity index (χ1) is 15.1. The lowest BCUT2D eigenvalue weighted by Gasteiger charge is -2.25. The number of carbonyl (C=O) groups excluding carboxylic acids is 2. The summed E-state index contributed by atoms with van der Waals surface area (Å²) in [5, 5.41) is 2.77. The molecule has 1 N–H and O–H groups in total. The quantitative estimate of drug-likeness (QED) is 0.568. The number of ether oxygens (including phenoxy) is 1. The van der Waals surface area contributed by atoms with Crippen molar-refractivity contribution in [2.24, 2.45) is 0 Å². The van der Waals surface area contributed by atoms with Gasteiger partial charge in [0.15, 0.2) is 6.61 Å². The lowest BCUT2D eigenvalue weighted by molar-refractivity contribution is -0.118. The fraction of sp³-hybridized carbons (Fsp3) is 0.200. The second-order valence-electron chi connectivity index (χ2n) is 7.22. The first-order valence-corrected chi connectivity index (χ1v) is 11.3. The molecule has 2 amide bonds. The average molecular weight is 433 g/mol. The molecule has 0 spiro atoms. The van der Waals surface area contributed by atoms with Crippen molar-refractivity contribution in [2.45, 2.75) is 18.7 Å². The first kappa shape index (κ1) is 21.0. The number of benzene rings is 3. The Hall–Kier alpha value is -3.25. The largest absolute Gasteiger partial charge is 0.484 e. The number of aryl methyl sites for hydroxylation is 1. The van der Waals surface area contributed by atoms with E-state index in [1.807, 2.05) is 71.6 Å². The van der Waals surface area contributed by atoms with E-state index in [0.717, 1.165) is 17.7 Å². The molecule has 31 heavy (non-hydrogen) atoms. The number of carbonyl (C=O) groups is 2. The van der Waals surface area contributed by atoms with E-state index >= 15 is 0 Å². The van der Waals surface area contributed by atoms with Crippen molar-refractivity contribution >= 4 is 35.0 Å². The Morgan fingerprint density at radius 3 is 2.58 bits per heavy atom. The number of hydrogen-bond acceptors (Lipinski definition) is 4. The highest BCUT2D eigenvalue weighted by Crippen LogP contribution is 2.42. The minimum atomic E-state index is -0.222. The predicted molar refractivity (Wildman–Crippen MR) is 126 cm³/mol. The van der Waals surface area contributed by atoms with Crippen LogP contribution in [0.5, 0.6) is 5.75 Å². The van der Waals surface area contributed by atoms with Gasteiger partial charge in [0.25, 0.3) is 5.91 Å². The van der Waals surface area contributed by atoms with Gasteiger partial charge in [-0.1, -0.05) is 49.4 Å². The van der Waals surface area contributed by atoms with E-state index in [4.69, 9.17) is 4.74 Å². The summed E-state index contributed by atoms with van der Waals surface area (Å²) in [7, 11) is 0. The van der Waals surface area contributed by atoms with Gasteiger partial charge in [-0.25, -0.2) is 0 Å². The van der Waals surface area contributed by atoms with Crippen LogP contribution in [0.15, 0.2) is 78.9 Å². The third-order valence-electron chi connectivity index (χ3n) is 5.06. The van der Waals surface area contributed by atoms with Crippen molar-refractivity contribution < 1.29 is 14.3 Å². The van der Waals surface area contributed by atoms with Crippen LogP contribution >= 0.6 is 11.8 Å². The maximum absolute atomic E-state index is 12.6. The van der Waals surface area contributed by atoms with E-state index in [1.54, 1.807) is 11.8 Å². The third-order valence-corrected chi connectivity index (χ3v) is 6.27. The minimum absolute atomic E-state index is 0.0553. The van der Waals surface area contributed by atoms with Gasteiger partial charge in [-0.05, 0) is 53.9 Å². The molecule has 1 aliphatic rings. The molecule has 0 radical (unpaired) electrons. The number of hydrogen-bond donors (Lipinski definition) is 1. The van der Waals surface area contributed by atoms with Gasteiger partial charge in [0.1, 0.15) is 11.1 Å². The van der Waals surface area contributed by atoms with Gasteiger partial charge in [0, 0.05) is 11.4 Å². The Morgan fingerprint density at radius 1 is 1.06 bits per heavy atom. The van der Waals surface area contributed by atoms with Crippen molar-refractivity contribution in [3.63, 3.8) is 0 Å². The van der Waals surface area contributed by atoms with Gasteiger partial charge in [-0.2, -0.15) is 0 Å². The standard InChI is InChI=1S/C25H24N2O3S/c1-2-18-7-6-8-21(15-18)27-24(29)17-31-25(27)19-11-13-20(14-12-19)26-23(28)16-30-22-9-4-3-5-10-22/h3-15,25H,2,16-17H2,1H3,(H,26,28). The Bertz CT molecular complexity index is 1050. The fourth-order valence-corrected chi connectivity index (χ4v) is 4.65. The van der Waals surface area contributed by atoms with Crippen molar-refractivity contribution in [1.82, 2.24) is 0 Å². The van der Waals surface area contributed by atoms with Crippen molar-refractivity contribution in [3.05, 3.63) is 90.0 Å². The number of nitrogens with one attached hydrogen (secondary N) is 1. The van der Waals surface area contributed by atoms with Gasteiger partial charge >= 0.3 is 0 Å². The number of anilines is 2. The van der Waals surface area contributed by atoms with Crippen LogP contribution in [-0.4, -0.2) is 24.2 Å². The van der Waals surface area contributed by atoms with Crippen LogP contribution in [0.1, 0.15) is 23.4 Å². The van der Waals surface area contributed by atoms with Gasteiger partial charge < -0.3 is 10.1 Å². The Kier molecular flexibility index (Phi) is 6.57. The molecule has 3 aromatic rings. The van der Waals surface area contributed by atoms with Crippen LogP contribution in [0, 0.1) is 0 Å². The van der Waals surface area contributed by atoms with Crippen LogP contribution in [0.4, 0.5) is 11.4 Å². The molecule has 0 bridgehead atoms. The molecule has 1 fully saturated rings. The summed E-state index contributed by atoms with van der Waals surface area (Å²) in [6.45, 7) is 2.05. The summed E-state index contributed by atoms with van der Waals surface area (Å²) in [6, 6.07) is 25.0. The summed E-state index contributed by atoms with van der Waals surface area (Å²) in [5.41, 5.74) is 3.85. The zero-order valence-electron chi connectivity index (χ0n) is 17.3. The van der Waals surface area contributed by atoms with E-state index in [1.165, 1.54) is 5.56 Å². The van der Waals surface area contributed by atoms with Crippen LogP contribution in [0.25, 0.3) is 0 Å². The average Bonchev–Trinajstić information content (AvgIpc) is 3.20. The lowest BCUT2D eigenvalue weighted by Crippen LogP contribution is -2.27. The fourth-order valence-electron chi connectivity index (χ4n) is 3.47. The van der Waals surface area contributed by atoms with Crippen LogP contribution < -0.4 is 15.0 Å². The maximum Gasteiger partial charge on any atom is 0.262 e. The topological polar surface area (TPSA) is 58.6 Å². The molecule has 5 nitrogen and oxygen atoms in total. The molecule has 0 aromatic heterocycles. The second-order valence-corrected chi connectivity index (χ2v) is 8.29. The molecular weight excluding hydrogens is 408 g/mol. The molecule has 1 atom stereocenters. The summed E-state index contributed by atoms with van der Waals surface area (Å²) < 4.78 is 5.48. The molecule has 1 aliphatic heterocycles. The molecule has 158 valence electrons. The van der Waals surface area contributed by atoms with Crippen molar-refractivity contribution in [3.8, 4) is 5.75 Å². The highest BCUT2D eigenvalue weighted by molar-refractivity contribution is 8.00. The molecule has 0 saturated carbocycles. The number of amides is 2. The smallest absolute Gasteiger partial charge is 0.262 e. The van der Waals surface area contributed by atoms with Gasteiger partial charge in [-0.15, -0.1) is 11.8 Å². The van der Waals surface area contributed by atoms with Crippen molar-refractivity contribution in [2.75, 3.05) is 22.6 Å². The zero-order chi connectivity index (χ0) is 21.6. The Balaban J connectivity index is 1.42. The Morgan fingerprint density at radius 2 is 1.84 bits per heavy atom. The molecule has 6 heteroatoms. The van der Waals surface area contributed by atoms with Crippen LogP contribution in [-0.2, 0) is 16.0 Å². The van der Waals surface area contributed by atoms with E-state index in [0.29, 0.717) is 17.2 Å². The van der Waals surface area contributed by atoms with Crippen LogP contribution in [0.3, 0.4) is 0 Å². The lowest BCUT2D eigenvalue weighted by atomic mass is 10.1. The van der Waals surface area contributed by atoms with Crippen LogP contribution in [0.2, 0.25) is 0 Å². The van der Waals surface area contributed by atoms with Crippen molar-refractivity contribution in [1.29, 1.82) is 0 Å². The molecule has 1 heterocycles. The number of thioether (sulfide) groups is 1. The molecule has 0 aliphatic carbocycles. The summed E-state index contributed by atoms with van der Waals surface area (Å²) in [6.07, 6.45) is 0.927. The molecular formula is C25H24N2O3S. The van der Waals surface area contributed by atoms with Gasteiger partial charge in [0.2, 0.25) is 5.91 Å². The summed E-state index contributed by atoms with van der Waals surface area (Å²) in [4.78, 5) is 26.6. The molecule has 1 saturated heterocycles. The summed E-state index contributed by atoms with van der Waals surface area (Å²) in [5.74, 6) is 0.998. The third kappa shape index (κ3) is 5.09. The Labute approximate surface area is 186 Å². The normalized spacial score (nSPS) is 15.7. The van der Waals surface area contributed by atoms with E-state index in [9.17, 15) is 9.59 Å². The zero-order valence-corrected chi connectivity index (χ0v) is 18.1. The molecule has 4 rings (SSSR count). The number of para-hydroxylation sites is 1. The monoisotopic (exact) mass is 432 g/mol. The van der Waals surface area contributed by atoms with E-state index in [-0.39, 0.29) is 23.8 Å². The van der Waals surface area contributed by atoms with E-state index < -0.39 is 0 Å². The maximum atomic E-state index is 12.6. The highest BCUT2D eigenvalue weighted by Gasteiger charge is 2.34. The van der Waals surface area contributed by atoms with Gasteiger partial charge in [-0.3, -0.25) is 14.5 Å². The molecule has 3 aromatic carbocycles.